The van der Waals surface area contributed by atoms with Crippen LogP contribution in [-0.4, -0.2) is 24.2 Å². The van der Waals surface area contributed by atoms with Crippen molar-refractivity contribution < 1.29 is 4.74 Å². The van der Waals surface area contributed by atoms with Crippen molar-refractivity contribution in [2.45, 2.75) is 39.3 Å². The van der Waals surface area contributed by atoms with Gasteiger partial charge in [0.1, 0.15) is 5.01 Å². The molecule has 1 aliphatic rings. The Morgan fingerprint density at radius 3 is 2.94 bits per heavy atom. The van der Waals surface area contributed by atoms with Crippen molar-refractivity contribution in [3.63, 3.8) is 0 Å². The molecule has 0 aliphatic carbocycles. The zero-order chi connectivity index (χ0) is 11.5. The van der Waals surface area contributed by atoms with Gasteiger partial charge < -0.3 is 10.1 Å². The number of nitrogens with one attached hydrogen (secondary N) is 1. The molecule has 1 N–H and O–H groups in total. The number of aromatic nitrogens is 1. The lowest BCUT2D eigenvalue weighted by Crippen LogP contribution is -2.35. The summed E-state index contributed by atoms with van der Waals surface area (Å²) >= 11 is 1.78. The van der Waals surface area contributed by atoms with Crippen LogP contribution in [0.15, 0.2) is 6.20 Å². The van der Waals surface area contributed by atoms with Crippen LogP contribution in [0.3, 0.4) is 0 Å². The molecule has 90 valence electrons. The van der Waals surface area contributed by atoms with Gasteiger partial charge in [-0.1, -0.05) is 0 Å². The number of hydrogen-bond acceptors (Lipinski definition) is 4. The molecule has 0 spiro atoms. The average molecular weight is 240 g/mol. The molecule has 1 saturated heterocycles. The maximum absolute atomic E-state index is 5.42. The van der Waals surface area contributed by atoms with Gasteiger partial charge in [-0.05, 0) is 33.1 Å². The Kier molecular flexibility index (Phi) is 3.95. The Bertz CT molecular complexity index is 334. The number of aryl methyl sites for hydroxylation is 1. The first kappa shape index (κ1) is 12.0. The lowest BCUT2D eigenvalue weighted by Gasteiger charge is -2.22. The van der Waals surface area contributed by atoms with Crippen LogP contribution >= 0.6 is 11.3 Å². The van der Waals surface area contributed by atoms with Gasteiger partial charge in [0.25, 0.3) is 0 Å². The standard InChI is InChI=1S/C12H20N2OS/c1-8-6-13-12(16-8)10(3)14-9(2)11-4-5-15-7-11/h6,9-11,14H,4-5,7H2,1-3H3. The fraction of sp³-hybridized carbons (Fsp3) is 0.750. The van der Waals surface area contributed by atoms with Gasteiger partial charge in [-0.15, -0.1) is 11.3 Å². The predicted molar refractivity (Wildman–Crippen MR) is 66.8 cm³/mol. The summed E-state index contributed by atoms with van der Waals surface area (Å²) in [5.74, 6) is 0.656. The second kappa shape index (κ2) is 5.25. The second-order valence-electron chi connectivity index (χ2n) is 4.61. The molecule has 16 heavy (non-hydrogen) atoms. The van der Waals surface area contributed by atoms with Crippen molar-refractivity contribution in [1.29, 1.82) is 0 Å². The van der Waals surface area contributed by atoms with Crippen molar-refractivity contribution in [3.05, 3.63) is 16.1 Å². The first-order valence-electron chi connectivity index (χ1n) is 5.93. The van der Waals surface area contributed by atoms with Crippen molar-refractivity contribution in [2.24, 2.45) is 5.92 Å². The number of ether oxygens (including phenoxy) is 1. The third-order valence-electron chi connectivity index (χ3n) is 3.19. The van der Waals surface area contributed by atoms with Gasteiger partial charge in [-0.3, -0.25) is 0 Å². The van der Waals surface area contributed by atoms with Gasteiger partial charge in [-0.25, -0.2) is 4.98 Å². The zero-order valence-electron chi connectivity index (χ0n) is 10.2. The van der Waals surface area contributed by atoms with E-state index >= 15 is 0 Å². The van der Waals surface area contributed by atoms with Gasteiger partial charge in [0.15, 0.2) is 0 Å². The molecule has 3 atom stereocenters. The van der Waals surface area contributed by atoms with E-state index in [4.69, 9.17) is 4.74 Å². The zero-order valence-corrected chi connectivity index (χ0v) is 11.0. The van der Waals surface area contributed by atoms with E-state index in [0.29, 0.717) is 18.0 Å². The molecule has 0 saturated carbocycles. The third kappa shape index (κ3) is 2.81. The summed E-state index contributed by atoms with van der Waals surface area (Å²) in [4.78, 5) is 5.70. The minimum Gasteiger partial charge on any atom is -0.381 e. The highest BCUT2D eigenvalue weighted by molar-refractivity contribution is 7.11. The second-order valence-corrected chi connectivity index (χ2v) is 5.88. The molecule has 1 aromatic rings. The number of thiazole rings is 1. The van der Waals surface area contributed by atoms with Crippen molar-refractivity contribution in [3.8, 4) is 0 Å². The van der Waals surface area contributed by atoms with Crippen LogP contribution in [0.5, 0.6) is 0 Å². The van der Waals surface area contributed by atoms with Crippen LogP contribution in [0.4, 0.5) is 0 Å². The van der Waals surface area contributed by atoms with Crippen LogP contribution in [0.1, 0.15) is 36.2 Å². The molecule has 2 rings (SSSR count). The SMILES string of the molecule is Cc1cnc(C(C)NC(C)C2CCOC2)s1. The van der Waals surface area contributed by atoms with Crippen molar-refractivity contribution in [2.75, 3.05) is 13.2 Å². The van der Waals surface area contributed by atoms with Gasteiger partial charge in [0.2, 0.25) is 0 Å². The quantitative estimate of drug-likeness (QED) is 0.878. The molecule has 1 fully saturated rings. The minimum atomic E-state index is 0.342. The molecule has 1 aliphatic heterocycles. The van der Waals surface area contributed by atoms with Gasteiger partial charge in [0.05, 0.1) is 12.6 Å². The predicted octanol–water partition coefficient (Wildman–Crippen LogP) is 2.53. The normalized spacial score (nSPS) is 24.6. The molecule has 1 aromatic heterocycles. The topological polar surface area (TPSA) is 34.2 Å². The van der Waals surface area contributed by atoms with E-state index in [1.807, 2.05) is 6.20 Å². The van der Waals surface area contributed by atoms with Gasteiger partial charge >= 0.3 is 0 Å². The summed E-state index contributed by atoms with van der Waals surface area (Å²) in [6.45, 7) is 8.35. The van der Waals surface area contributed by atoms with E-state index in [2.05, 4.69) is 31.1 Å². The average Bonchev–Trinajstić information content (AvgIpc) is 2.87. The highest BCUT2D eigenvalue weighted by Crippen LogP contribution is 2.22. The maximum Gasteiger partial charge on any atom is 0.109 e. The molecule has 3 unspecified atom stereocenters. The molecule has 0 bridgehead atoms. The van der Waals surface area contributed by atoms with Crippen LogP contribution in [0.25, 0.3) is 0 Å². The first-order chi connectivity index (χ1) is 7.66. The highest BCUT2D eigenvalue weighted by Gasteiger charge is 2.24. The Hall–Kier alpha value is -0.450. The third-order valence-corrected chi connectivity index (χ3v) is 4.29. The van der Waals surface area contributed by atoms with Crippen LogP contribution in [0.2, 0.25) is 0 Å². The lowest BCUT2D eigenvalue weighted by molar-refractivity contribution is 0.177. The Balaban J connectivity index is 1.88. The number of nitrogens with zero attached hydrogens (tertiary/aromatic N) is 1. The molecular weight excluding hydrogens is 220 g/mol. The smallest absolute Gasteiger partial charge is 0.109 e. The molecule has 0 amide bonds. The summed E-state index contributed by atoms with van der Waals surface area (Å²) in [6, 6.07) is 0.844. The largest absolute Gasteiger partial charge is 0.381 e. The van der Waals surface area contributed by atoms with Crippen molar-refractivity contribution in [1.82, 2.24) is 10.3 Å². The lowest BCUT2D eigenvalue weighted by atomic mass is 10.0. The molecule has 0 aromatic carbocycles. The van der Waals surface area contributed by atoms with E-state index in [1.165, 1.54) is 16.3 Å². The summed E-state index contributed by atoms with van der Waals surface area (Å²) in [7, 11) is 0. The van der Waals surface area contributed by atoms with Crippen LogP contribution < -0.4 is 5.32 Å². The van der Waals surface area contributed by atoms with E-state index < -0.39 is 0 Å². The maximum atomic E-state index is 5.42. The number of hydrogen-bond donors (Lipinski definition) is 1. The van der Waals surface area contributed by atoms with E-state index in [1.54, 1.807) is 11.3 Å². The summed E-state index contributed by atoms with van der Waals surface area (Å²) in [5, 5.41) is 4.80. The van der Waals surface area contributed by atoms with Gasteiger partial charge in [-0.2, -0.15) is 0 Å². The fourth-order valence-electron chi connectivity index (χ4n) is 2.12. The summed E-state index contributed by atoms with van der Waals surface area (Å²) < 4.78 is 5.42. The van der Waals surface area contributed by atoms with E-state index in [0.717, 1.165) is 13.2 Å². The van der Waals surface area contributed by atoms with E-state index in [9.17, 15) is 0 Å². The monoisotopic (exact) mass is 240 g/mol. The minimum absolute atomic E-state index is 0.342. The van der Waals surface area contributed by atoms with Gasteiger partial charge in [0, 0.05) is 23.7 Å². The molecule has 4 heteroatoms. The Labute approximate surface area is 101 Å². The number of rotatable bonds is 4. The summed E-state index contributed by atoms with van der Waals surface area (Å²) in [6.07, 6.45) is 3.12. The molecular formula is C12H20N2OS. The fourth-order valence-corrected chi connectivity index (χ4v) is 2.91. The molecule has 0 radical (unpaired) electrons. The molecule has 2 heterocycles. The van der Waals surface area contributed by atoms with Crippen LogP contribution in [0, 0.1) is 12.8 Å². The Morgan fingerprint density at radius 2 is 2.38 bits per heavy atom. The first-order valence-corrected chi connectivity index (χ1v) is 6.74. The Morgan fingerprint density at radius 1 is 1.56 bits per heavy atom. The molecule has 3 nitrogen and oxygen atoms in total. The van der Waals surface area contributed by atoms with E-state index in [-0.39, 0.29) is 0 Å². The van der Waals surface area contributed by atoms with Crippen molar-refractivity contribution >= 4 is 11.3 Å². The highest BCUT2D eigenvalue weighted by atomic mass is 32.1. The summed E-state index contributed by atoms with van der Waals surface area (Å²) in [5.41, 5.74) is 0. The van der Waals surface area contributed by atoms with Crippen LogP contribution in [-0.2, 0) is 4.74 Å².